The maximum atomic E-state index is 11.3. The molecule has 1 aliphatic heterocycles. The van der Waals surface area contributed by atoms with Gasteiger partial charge in [-0.05, 0) is 24.7 Å². The zero-order chi connectivity index (χ0) is 14.8. The number of aromatic carboxylic acids is 1. The summed E-state index contributed by atoms with van der Waals surface area (Å²) in [6.07, 6.45) is 3.46. The number of carbonyl (C=O) groups is 1. The Morgan fingerprint density at radius 1 is 1.50 bits per heavy atom. The third-order valence-corrected chi connectivity index (χ3v) is 5.52. The fourth-order valence-corrected chi connectivity index (χ4v) is 3.73. The Balaban J connectivity index is 2.22. The second-order valence-electron chi connectivity index (χ2n) is 5.39. The number of hydrogen-bond acceptors (Lipinski definition) is 5. The maximum Gasteiger partial charge on any atom is 0.347 e. The molecule has 2 rings (SSSR count). The minimum atomic E-state index is -0.919. The van der Waals surface area contributed by atoms with Gasteiger partial charge in [-0.3, -0.25) is 0 Å². The van der Waals surface area contributed by atoms with Crippen LogP contribution in [0.15, 0.2) is 0 Å². The summed E-state index contributed by atoms with van der Waals surface area (Å²) in [5.41, 5.74) is 0.890. The number of aromatic nitrogens is 1. The van der Waals surface area contributed by atoms with E-state index in [-0.39, 0.29) is 6.61 Å². The Morgan fingerprint density at radius 2 is 2.20 bits per heavy atom. The number of thiazole rings is 1. The molecule has 0 saturated carbocycles. The van der Waals surface area contributed by atoms with E-state index in [1.54, 1.807) is 7.11 Å². The molecule has 0 unspecified atom stereocenters. The number of nitrogens with zero attached hydrogens (tertiary/aromatic N) is 2. The van der Waals surface area contributed by atoms with Crippen LogP contribution in [0, 0.1) is 5.41 Å². The minimum Gasteiger partial charge on any atom is -0.477 e. The van der Waals surface area contributed by atoms with Gasteiger partial charge in [0.1, 0.15) is 4.88 Å². The van der Waals surface area contributed by atoms with Gasteiger partial charge in [-0.1, -0.05) is 25.2 Å². The molecule has 6 heteroatoms. The molecule has 5 nitrogen and oxygen atoms in total. The molecule has 0 amide bonds. The normalized spacial score (nSPS) is 17.6. The highest BCUT2D eigenvalue weighted by molar-refractivity contribution is 7.17. The molecule has 1 aromatic rings. The van der Waals surface area contributed by atoms with Gasteiger partial charge in [0.15, 0.2) is 5.13 Å². The molecule has 1 saturated heterocycles. The number of hydrogen-bond donors (Lipinski definition) is 1. The Bertz CT molecular complexity index is 483. The Labute approximate surface area is 123 Å². The van der Waals surface area contributed by atoms with Gasteiger partial charge in [-0.25, -0.2) is 9.78 Å². The first kappa shape index (κ1) is 15.3. The van der Waals surface area contributed by atoms with Crippen molar-refractivity contribution in [1.29, 1.82) is 0 Å². The molecule has 0 radical (unpaired) electrons. The monoisotopic (exact) mass is 298 g/mol. The number of rotatable bonds is 6. The van der Waals surface area contributed by atoms with E-state index in [1.807, 2.05) is 0 Å². The summed E-state index contributed by atoms with van der Waals surface area (Å²) in [4.78, 5) is 18.3. The summed E-state index contributed by atoms with van der Waals surface area (Å²) in [6.45, 7) is 6.64. The van der Waals surface area contributed by atoms with Crippen molar-refractivity contribution in [2.45, 2.75) is 39.7 Å². The van der Waals surface area contributed by atoms with Crippen molar-refractivity contribution < 1.29 is 14.6 Å². The topological polar surface area (TPSA) is 62.7 Å². The lowest BCUT2D eigenvalue weighted by Crippen LogP contribution is -2.26. The molecule has 0 aliphatic carbocycles. The van der Waals surface area contributed by atoms with Crippen LogP contribution in [0.2, 0.25) is 0 Å². The lowest BCUT2D eigenvalue weighted by Gasteiger charge is -2.26. The van der Waals surface area contributed by atoms with Crippen molar-refractivity contribution in [1.82, 2.24) is 4.98 Å². The van der Waals surface area contributed by atoms with E-state index in [0.29, 0.717) is 16.0 Å². The van der Waals surface area contributed by atoms with E-state index in [4.69, 9.17) is 4.74 Å². The van der Waals surface area contributed by atoms with Crippen molar-refractivity contribution in [3.63, 3.8) is 0 Å². The quantitative estimate of drug-likeness (QED) is 0.874. The molecule has 1 aromatic heterocycles. The Hall–Kier alpha value is -1.14. The number of carboxylic acid groups (broad SMARTS) is 1. The van der Waals surface area contributed by atoms with Gasteiger partial charge in [0.05, 0.1) is 12.3 Å². The second kappa shape index (κ2) is 6.10. The Morgan fingerprint density at radius 3 is 2.70 bits per heavy atom. The van der Waals surface area contributed by atoms with Gasteiger partial charge >= 0.3 is 5.97 Å². The van der Waals surface area contributed by atoms with Crippen LogP contribution in [0.5, 0.6) is 0 Å². The van der Waals surface area contributed by atoms with Gasteiger partial charge in [0.2, 0.25) is 0 Å². The summed E-state index contributed by atoms with van der Waals surface area (Å²) < 4.78 is 5.04. The molecule has 0 atom stereocenters. The van der Waals surface area contributed by atoms with E-state index < -0.39 is 5.97 Å². The van der Waals surface area contributed by atoms with Crippen LogP contribution in [0.4, 0.5) is 5.13 Å². The number of carboxylic acids is 1. The molecule has 1 fully saturated rings. The third-order valence-electron chi connectivity index (χ3n) is 4.37. The standard InChI is InChI=1S/C14H22N2O3S/c1-4-14(5-2)6-7-16(9-14)13-15-10(8-19-3)11(20-13)12(17)18/h4-9H2,1-3H3,(H,17,18). The highest BCUT2D eigenvalue weighted by atomic mass is 32.1. The van der Waals surface area contributed by atoms with Crippen LogP contribution < -0.4 is 4.90 Å². The molecular weight excluding hydrogens is 276 g/mol. The predicted octanol–water partition coefficient (Wildman–Crippen LogP) is 3.00. The summed E-state index contributed by atoms with van der Waals surface area (Å²) in [5, 5.41) is 10.1. The molecule has 112 valence electrons. The van der Waals surface area contributed by atoms with Crippen LogP contribution in [-0.2, 0) is 11.3 Å². The fourth-order valence-electron chi connectivity index (χ4n) is 2.80. The number of methoxy groups -OCH3 is 1. The predicted molar refractivity (Wildman–Crippen MR) is 79.6 cm³/mol. The Kier molecular flexibility index (Phi) is 4.65. The molecular formula is C14H22N2O3S. The highest BCUT2D eigenvalue weighted by Crippen LogP contribution is 2.40. The molecule has 2 heterocycles. The van der Waals surface area contributed by atoms with E-state index in [0.717, 1.165) is 37.5 Å². The average molecular weight is 298 g/mol. The molecule has 0 bridgehead atoms. The zero-order valence-electron chi connectivity index (χ0n) is 12.3. The summed E-state index contributed by atoms with van der Waals surface area (Å²) in [6, 6.07) is 0. The summed E-state index contributed by atoms with van der Waals surface area (Å²) in [5.74, 6) is -0.919. The molecule has 0 spiro atoms. The largest absolute Gasteiger partial charge is 0.477 e. The SMILES string of the molecule is CCC1(CC)CCN(c2nc(COC)c(C(=O)O)s2)C1. The van der Waals surface area contributed by atoms with Gasteiger partial charge < -0.3 is 14.7 Å². The molecule has 0 aromatic carbocycles. The first-order valence-corrected chi connectivity index (χ1v) is 7.83. The van der Waals surface area contributed by atoms with Crippen molar-refractivity contribution in [3.05, 3.63) is 10.6 Å². The van der Waals surface area contributed by atoms with Gasteiger partial charge in [0.25, 0.3) is 0 Å². The third kappa shape index (κ3) is 2.81. The average Bonchev–Trinajstić information content (AvgIpc) is 3.03. The van der Waals surface area contributed by atoms with Crippen LogP contribution in [0.25, 0.3) is 0 Å². The summed E-state index contributed by atoms with van der Waals surface area (Å²) in [7, 11) is 1.56. The van der Waals surface area contributed by atoms with E-state index >= 15 is 0 Å². The summed E-state index contributed by atoms with van der Waals surface area (Å²) >= 11 is 1.26. The highest BCUT2D eigenvalue weighted by Gasteiger charge is 2.36. The zero-order valence-corrected chi connectivity index (χ0v) is 13.1. The number of anilines is 1. The lowest BCUT2D eigenvalue weighted by atomic mass is 9.82. The minimum absolute atomic E-state index is 0.249. The van der Waals surface area contributed by atoms with Crippen molar-refractivity contribution >= 4 is 22.4 Å². The first-order valence-electron chi connectivity index (χ1n) is 7.02. The van der Waals surface area contributed by atoms with Crippen LogP contribution in [-0.4, -0.2) is 36.3 Å². The van der Waals surface area contributed by atoms with Gasteiger partial charge in [0, 0.05) is 20.2 Å². The van der Waals surface area contributed by atoms with Crippen molar-refractivity contribution in [2.24, 2.45) is 5.41 Å². The fraction of sp³-hybridized carbons (Fsp3) is 0.714. The van der Waals surface area contributed by atoms with Crippen molar-refractivity contribution in [2.75, 3.05) is 25.1 Å². The lowest BCUT2D eigenvalue weighted by molar-refractivity contribution is 0.0697. The smallest absolute Gasteiger partial charge is 0.347 e. The molecule has 1 N–H and O–H groups in total. The van der Waals surface area contributed by atoms with E-state index in [1.165, 1.54) is 11.3 Å². The van der Waals surface area contributed by atoms with Crippen LogP contribution in [0.3, 0.4) is 0 Å². The first-order chi connectivity index (χ1) is 9.55. The second-order valence-corrected chi connectivity index (χ2v) is 6.37. The van der Waals surface area contributed by atoms with E-state index in [9.17, 15) is 9.90 Å². The van der Waals surface area contributed by atoms with Gasteiger partial charge in [-0.2, -0.15) is 0 Å². The van der Waals surface area contributed by atoms with Crippen LogP contribution >= 0.6 is 11.3 Å². The van der Waals surface area contributed by atoms with Crippen molar-refractivity contribution in [3.8, 4) is 0 Å². The molecule has 1 aliphatic rings. The molecule has 20 heavy (non-hydrogen) atoms. The number of ether oxygens (including phenoxy) is 1. The maximum absolute atomic E-state index is 11.3. The van der Waals surface area contributed by atoms with Crippen LogP contribution in [0.1, 0.15) is 48.5 Å². The van der Waals surface area contributed by atoms with E-state index in [2.05, 4.69) is 23.7 Å². The van der Waals surface area contributed by atoms with Gasteiger partial charge in [-0.15, -0.1) is 0 Å².